The number of carbonyl (C=O) groups excluding carboxylic acids is 4. The zero-order chi connectivity index (χ0) is 35.3. The van der Waals surface area contributed by atoms with Gasteiger partial charge in [-0.15, -0.1) is 0 Å². The van der Waals surface area contributed by atoms with Crippen molar-refractivity contribution in [1.29, 1.82) is 0 Å². The van der Waals surface area contributed by atoms with Crippen molar-refractivity contribution < 1.29 is 32.3 Å². The number of rotatable bonds is 10. The molecule has 1 aromatic carbocycles. The van der Waals surface area contributed by atoms with Crippen LogP contribution in [0.3, 0.4) is 0 Å². The van der Waals surface area contributed by atoms with Crippen molar-refractivity contribution in [2.24, 2.45) is 11.3 Å². The fraction of sp³-hybridized carbons (Fsp3) is 0.571. The molecule has 0 spiro atoms. The number of nitrogens with one attached hydrogen (secondary N) is 3. The van der Waals surface area contributed by atoms with E-state index in [9.17, 15) is 27.6 Å². The minimum Gasteiger partial charge on any atom is -0.444 e. The molecule has 2 aliphatic heterocycles. The van der Waals surface area contributed by atoms with Crippen LogP contribution in [0.25, 0.3) is 0 Å². The molecule has 2 aromatic rings. The minimum atomic E-state index is -3.85. The van der Waals surface area contributed by atoms with Gasteiger partial charge in [-0.25, -0.2) is 13.2 Å². The second-order valence-electron chi connectivity index (χ2n) is 14.6. The highest BCUT2D eigenvalue weighted by Crippen LogP contribution is 2.47. The molecule has 5 atom stereocenters. The first-order chi connectivity index (χ1) is 23.1. The number of fused-ring (bicyclic) bond motifs is 1. The summed E-state index contributed by atoms with van der Waals surface area (Å²) in [7, 11) is -3.85. The number of halogens is 1. The molecule has 3 fully saturated rings. The molecule has 272 valence electrons. The van der Waals surface area contributed by atoms with Gasteiger partial charge in [0.05, 0.1) is 24.0 Å². The van der Waals surface area contributed by atoms with Crippen LogP contribution in [0.2, 0.25) is 5.02 Å². The predicted molar refractivity (Wildman–Crippen MR) is 188 cm³/mol. The van der Waals surface area contributed by atoms with E-state index in [1.165, 1.54) is 9.80 Å². The van der Waals surface area contributed by atoms with Gasteiger partial charge in [0.25, 0.3) is 5.91 Å². The maximum atomic E-state index is 14.4. The Hall–Kier alpha value is -3.91. The summed E-state index contributed by atoms with van der Waals surface area (Å²) in [5.41, 5.74) is 0.336. The topological polar surface area (TPSA) is 167 Å². The van der Waals surface area contributed by atoms with Crippen LogP contribution in [-0.4, -0.2) is 82.5 Å². The van der Waals surface area contributed by atoms with Crippen LogP contribution >= 0.6 is 11.6 Å². The highest BCUT2D eigenvalue weighted by molar-refractivity contribution is 7.91. The molecule has 0 bridgehead atoms. The molecule has 0 radical (unpaired) electrons. The molecule has 2 aliphatic carbocycles. The Morgan fingerprint density at radius 3 is 2.46 bits per heavy atom. The number of sulfonamides is 1. The van der Waals surface area contributed by atoms with Gasteiger partial charge in [0.1, 0.15) is 23.7 Å². The summed E-state index contributed by atoms with van der Waals surface area (Å²) in [6.45, 7) is 8.08. The molecule has 3 N–H and O–H groups in total. The number of hydrogen-bond donors (Lipinski definition) is 3. The second-order valence-corrected chi connectivity index (χ2v) is 17.0. The number of ether oxygens (including phenoxy) is 1. The number of nitrogens with zero attached hydrogens (tertiary/aromatic N) is 3. The average molecular weight is 731 g/mol. The summed E-state index contributed by atoms with van der Waals surface area (Å²) in [4.78, 5) is 62.5. The van der Waals surface area contributed by atoms with E-state index in [2.05, 4.69) is 20.3 Å². The van der Waals surface area contributed by atoms with Crippen molar-refractivity contribution in [2.45, 2.75) is 109 Å². The first kappa shape index (κ1) is 37.3. The van der Waals surface area contributed by atoms with Crippen LogP contribution in [0.1, 0.15) is 78.4 Å². The molecule has 1 aromatic heterocycles. The van der Waals surface area contributed by atoms with Crippen LogP contribution < -0.4 is 15.4 Å². The van der Waals surface area contributed by atoms with Gasteiger partial charge in [-0.2, -0.15) is 0 Å². The van der Waals surface area contributed by atoms with Gasteiger partial charge in [-0.1, -0.05) is 65.3 Å². The molecule has 1 saturated heterocycles. The molecular weight excluding hydrogens is 684 g/mol. The number of anilines is 1. The predicted octanol–water partition coefficient (Wildman–Crippen LogP) is 4.21. The number of amides is 4. The van der Waals surface area contributed by atoms with E-state index in [1.54, 1.807) is 30.6 Å². The standard InChI is InChI=1S/C34H43ClN6O7S.CH4/c1-5-21-15-34(21,31(44)39-49(46,47)24-11-12-24)38-29(42)27-14-23(48-32(45)40-17-20-8-6-10-26(35)25(20)19-40)18-41(27)30(43)28(33(2,3)4)37-22-9-7-13-36-16-22;/h6-10,13,16,21,23-24,27-28,37H,5,11-12,14-15,17-19H2,1-4H3,(H,38,42)(H,39,44);1H4/t21-,23-,27+,28-,34?;/m1./s1. The van der Waals surface area contributed by atoms with Crippen LogP contribution in [0.4, 0.5) is 10.5 Å². The zero-order valence-corrected chi connectivity index (χ0v) is 29.6. The maximum absolute atomic E-state index is 14.4. The fourth-order valence-electron chi connectivity index (χ4n) is 6.83. The minimum absolute atomic E-state index is 0. The van der Waals surface area contributed by atoms with Gasteiger partial charge >= 0.3 is 6.09 Å². The van der Waals surface area contributed by atoms with Crippen LogP contribution in [0, 0.1) is 11.3 Å². The lowest BCUT2D eigenvalue weighted by atomic mass is 9.85. The third kappa shape index (κ3) is 7.56. The van der Waals surface area contributed by atoms with E-state index in [4.69, 9.17) is 16.3 Å². The summed E-state index contributed by atoms with van der Waals surface area (Å²) in [5.74, 6) is -2.05. The molecule has 50 heavy (non-hydrogen) atoms. The monoisotopic (exact) mass is 730 g/mol. The van der Waals surface area contributed by atoms with E-state index in [0.29, 0.717) is 36.5 Å². The molecule has 1 unspecified atom stereocenters. The molecule has 13 nitrogen and oxygen atoms in total. The molecule has 15 heteroatoms. The van der Waals surface area contributed by atoms with Gasteiger partial charge in [-0.3, -0.25) is 29.0 Å². The lowest BCUT2D eigenvalue weighted by molar-refractivity contribution is -0.141. The van der Waals surface area contributed by atoms with Crippen molar-refractivity contribution in [1.82, 2.24) is 24.8 Å². The summed E-state index contributed by atoms with van der Waals surface area (Å²) in [5, 5.41) is 6.06. The molecule has 3 heterocycles. The Labute approximate surface area is 298 Å². The number of carbonyl (C=O) groups is 4. The normalized spacial score (nSPS) is 24.8. The van der Waals surface area contributed by atoms with E-state index >= 15 is 0 Å². The number of aromatic nitrogens is 1. The summed E-state index contributed by atoms with van der Waals surface area (Å²) in [6.07, 6.45) is 3.56. The Balaban J connectivity index is 0.00000486. The van der Waals surface area contributed by atoms with Crippen molar-refractivity contribution in [3.05, 3.63) is 58.9 Å². The van der Waals surface area contributed by atoms with Gasteiger partial charge in [-0.05, 0) is 59.9 Å². The van der Waals surface area contributed by atoms with Crippen LogP contribution in [0.5, 0.6) is 0 Å². The largest absolute Gasteiger partial charge is 0.444 e. The number of hydrogen-bond acceptors (Lipinski definition) is 9. The van der Waals surface area contributed by atoms with E-state index < -0.39 is 68.2 Å². The Morgan fingerprint density at radius 2 is 1.86 bits per heavy atom. The average Bonchev–Trinajstić information content (AvgIpc) is 3.94. The third-order valence-electron chi connectivity index (χ3n) is 9.93. The molecule has 2 saturated carbocycles. The van der Waals surface area contributed by atoms with E-state index in [-0.39, 0.29) is 39.3 Å². The highest BCUT2D eigenvalue weighted by Gasteiger charge is 2.62. The second kappa shape index (κ2) is 14.0. The Kier molecular flexibility index (Phi) is 10.5. The molecule has 4 amide bonds. The van der Waals surface area contributed by atoms with Crippen molar-refractivity contribution in [3.63, 3.8) is 0 Å². The van der Waals surface area contributed by atoms with Crippen molar-refractivity contribution in [3.8, 4) is 0 Å². The quantitative estimate of drug-likeness (QED) is 0.325. The van der Waals surface area contributed by atoms with E-state index in [1.807, 2.05) is 39.8 Å². The van der Waals surface area contributed by atoms with Gasteiger partial charge < -0.3 is 20.3 Å². The maximum Gasteiger partial charge on any atom is 0.410 e. The van der Waals surface area contributed by atoms with E-state index in [0.717, 1.165) is 11.1 Å². The SMILES string of the molecule is C.CC[C@@H]1CC1(NC(=O)[C@@H]1C[C@@H](OC(=O)N2Cc3cccc(Cl)c3C2)CN1C(=O)[C@@H](Nc1cccnc1)C(C)(C)C)C(=O)NS(=O)(=O)C1CC1. The Morgan fingerprint density at radius 1 is 1.12 bits per heavy atom. The summed E-state index contributed by atoms with van der Waals surface area (Å²) >= 11 is 6.36. The Bertz CT molecular complexity index is 1750. The number of pyridine rings is 1. The molecule has 6 rings (SSSR count). The first-order valence-electron chi connectivity index (χ1n) is 16.7. The number of likely N-dealkylation sites (tertiary alicyclic amines) is 1. The lowest BCUT2D eigenvalue weighted by Gasteiger charge is -2.36. The molecular formula is C35H47ClN6O7S. The van der Waals surface area contributed by atoms with Crippen LogP contribution in [0.15, 0.2) is 42.7 Å². The van der Waals surface area contributed by atoms with Crippen LogP contribution in [-0.2, 0) is 42.2 Å². The van der Waals surface area contributed by atoms with Crippen molar-refractivity contribution in [2.75, 3.05) is 11.9 Å². The smallest absolute Gasteiger partial charge is 0.410 e. The zero-order valence-electron chi connectivity index (χ0n) is 28.1. The first-order valence-corrected chi connectivity index (χ1v) is 18.6. The lowest BCUT2D eigenvalue weighted by Crippen LogP contribution is -2.58. The van der Waals surface area contributed by atoms with Gasteiger partial charge in [0.2, 0.25) is 21.8 Å². The highest BCUT2D eigenvalue weighted by atomic mass is 35.5. The summed E-state index contributed by atoms with van der Waals surface area (Å²) in [6, 6.07) is 7.11. The fourth-order valence-corrected chi connectivity index (χ4v) is 8.44. The van der Waals surface area contributed by atoms with Gasteiger partial charge in [0.15, 0.2) is 0 Å². The third-order valence-corrected chi connectivity index (χ3v) is 12.1. The number of benzene rings is 1. The van der Waals surface area contributed by atoms with Crippen molar-refractivity contribution >= 4 is 51.1 Å². The summed E-state index contributed by atoms with van der Waals surface area (Å²) < 4.78 is 33.4. The van der Waals surface area contributed by atoms with Gasteiger partial charge in [0, 0.05) is 30.4 Å². The molecule has 4 aliphatic rings.